The van der Waals surface area contributed by atoms with Crippen molar-refractivity contribution in [3.05, 3.63) is 0 Å². The highest BCUT2D eigenvalue weighted by Gasteiger charge is 2.41. The van der Waals surface area contributed by atoms with E-state index in [0.717, 1.165) is 0 Å². The van der Waals surface area contributed by atoms with Gasteiger partial charge in [0.25, 0.3) is 0 Å². The molecular formula is C14H23NO4. The van der Waals surface area contributed by atoms with Gasteiger partial charge in [-0.15, -0.1) is 6.42 Å². The predicted octanol–water partition coefficient (Wildman–Crippen LogP) is 2.05. The van der Waals surface area contributed by atoms with Crippen LogP contribution in [0, 0.1) is 12.3 Å². The summed E-state index contributed by atoms with van der Waals surface area (Å²) in [5.41, 5.74) is -0.561. The van der Waals surface area contributed by atoms with Crippen molar-refractivity contribution in [3.63, 3.8) is 0 Å². The molecule has 3 unspecified atom stereocenters. The second-order valence-electron chi connectivity index (χ2n) is 6.10. The lowest BCUT2D eigenvalue weighted by atomic mass is 10.0. The Morgan fingerprint density at radius 1 is 1.37 bits per heavy atom. The lowest BCUT2D eigenvalue weighted by Gasteiger charge is -2.43. The van der Waals surface area contributed by atoms with E-state index in [1.807, 2.05) is 6.92 Å². The molecule has 19 heavy (non-hydrogen) atoms. The molecule has 0 aromatic rings. The minimum absolute atomic E-state index is 0.266. The van der Waals surface area contributed by atoms with Gasteiger partial charge >= 0.3 is 6.09 Å². The lowest BCUT2D eigenvalue weighted by Crippen LogP contribution is -2.60. The van der Waals surface area contributed by atoms with Crippen LogP contribution in [0.15, 0.2) is 0 Å². The Morgan fingerprint density at radius 3 is 2.42 bits per heavy atom. The molecule has 1 aliphatic heterocycles. The average Bonchev–Trinajstić information content (AvgIpc) is 2.18. The fraction of sp³-hybridized carbons (Fsp3) is 0.786. The van der Waals surface area contributed by atoms with Crippen molar-refractivity contribution in [2.24, 2.45) is 0 Å². The van der Waals surface area contributed by atoms with E-state index in [9.17, 15) is 4.79 Å². The molecule has 0 aromatic carbocycles. The van der Waals surface area contributed by atoms with Crippen molar-refractivity contribution < 1.29 is 19.0 Å². The molecule has 108 valence electrons. The molecule has 1 aliphatic rings. The molecule has 0 aliphatic carbocycles. The molecule has 0 saturated carbocycles. The van der Waals surface area contributed by atoms with Crippen LogP contribution in [-0.4, -0.2) is 35.7 Å². The van der Waals surface area contributed by atoms with Crippen molar-refractivity contribution in [3.8, 4) is 12.3 Å². The number of amides is 1. The molecule has 0 spiro atoms. The SMILES string of the molecule is C#CC1OC(C)(C)OC(C)C1NC(=O)OC(C)(C)C. The largest absolute Gasteiger partial charge is 0.444 e. The smallest absolute Gasteiger partial charge is 0.408 e. The van der Waals surface area contributed by atoms with Gasteiger partial charge in [0, 0.05) is 0 Å². The van der Waals surface area contributed by atoms with Crippen LogP contribution in [0.2, 0.25) is 0 Å². The molecule has 0 bridgehead atoms. The van der Waals surface area contributed by atoms with E-state index in [4.69, 9.17) is 20.6 Å². The Hall–Kier alpha value is -1.25. The third-order valence-electron chi connectivity index (χ3n) is 2.56. The van der Waals surface area contributed by atoms with E-state index >= 15 is 0 Å². The van der Waals surface area contributed by atoms with E-state index in [0.29, 0.717) is 0 Å². The highest BCUT2D eigenvalue weighted by Crippen LogP contribution is 2.26. The van der Waals surface area contributed by atoms with Crippen molar-refractivity contribution in [2.45, 2.75) is 71.2 Å². The summed E-state index contributed by atoms with van der Waals surface area (Å²) in [5.74, 6) is 1.77. The zero-order chi connectivity index (χ0) is 14.8. The van der Waals surface area contributed by atoms with Crippen LogP contribution in [0.5, 0.6) is 0 Å². The third kappa shape index (κ3) is 4.73. The van der Waals surface area contributed by atoms with Gasteiger partial charge in [-0.05, 0) is 41.5 Å². The molecule has 0 aromatic heterocycles. The van der Waals surface area contributed by atoms with Gasteiger partial charge in [0.1, 0.15) is 11.7 Å². The first kappa shape index (κ1) is 15.8. The number of ether oxygens (including phenoxy) is 3. The van der Waals surface area contributed by atoms with E-state index in [-0.39, 0.29) is 6.10 Å². The fourth-order valence-corrected chi connectivity index (χ4v) is 1.95. The molecule has 1 saturated heterocycles. The molecule has 1 N–H and O–H groups in total. The normalized spacial score (nSPS) is 30.3. The van der Waals surface area contributed by atoms with Crippen LogP contribution in [-0.2, 0) is 14.2 Å². The number of nitrogens with one attached hydrogen (secondary N) is 1. The molecule has 1 heterocycles. The maximum Gasteiger partial charge on any atom is 0.408 e. The number of hydrogen-bond acceptors (Lipinski definition) is 4. The van der Waals surface area contributed by atoms with E-state index in [1.165, 1.54) is 0 Å². The Morgan fingerprint density at radius 2 is 1.95 bits per heavy atom. The highest BCUT2D eigenvalue weighted by molar-refractivity contribution is 5.68. The Kier molecular flexibility index (Phi) is 4.49. The number of alkyl carbamates (subject to hydrolysis) is 1. The first-order chi connectivity index (χ1) is 8.54. The Bertz CT molecular complexity index is 378. The van der Waals surface area contributed by atoms with E-state index in [1.54, 1.807) is 34.6 Å². The summed E-state index contributed by atoms with van der Waals surface area (Å²) in [6.45, 7) is 10.8. The summed E-state index contributed by atoms with van der Waals surface area (Å²) in [6, 6.07) is -0.437. The molecule has 5 heteroatoms. The summed E-state index contributed by atoms with van der Waals surface area (Å²) in [4.78, 5) is 11.8. The second kappa shape index (κ2) is 5.40. The standard InChI is InChI=1S/C14H23NO4/c1-8-10-11(9(2)17-14(6,7)18-10)15-12(16)19-13(3,4)5/h1,9-11H,2-7H3,(H,15,16). The van der Waals surface area contributed by atoms with Crippen LogP contribution >= 0.6 is 0 Å². The van der Waals surface area contributed by atoms with Gasteiger partial charge in [-0.2, -0.15) is 0 Å². The van der Waals surface area contributed by atoms with Crippen LogP contribution < -0.4 is 5.32 Å². The first-order valence-electron chi connectivity index (χ1n) is 6.35. The maximum absolute atomic E-state index is 11.8. The number of carbonyl (C=O) groups is 1. The number of terminal acetylenes is 1. The summed E-state index contributed by atoms with van der Waals surface area (Å²) >= 11 is 0. The van der Waals surface area contributed by atoms with Crippen molar-refractivity contribution in [1.29, 1.82) is 0 Å². The summed E-state index contributed by atoms with van der Waals surface area (Å²) in [5, 5.41) is 2.71. The molecule has 1 rings (SSSR count). The minimum Gasteiger partial charge on any atom is -0.444 e. The number of carbonyl (C=O) groups excluding carboxylic acids is 1. The summed E-state index contributed by atoms with van der Waals surface area (Å²) in [6.07, 6.45) is 4.11. The van der Waals surface area contributed by atoms with Gasteiger partial charge in [-0.3, -0.25) is 0 Å². The summed E-state index contributed by atoms with van der Waals surface area (Å²) < 4.78 is 16.5. The lowest BCUT2D eigenvalue weighted by molar-refractivity contribution is -0.293. The van der Waals surface area contributed by atoms with Crippen LogP contribution in [0.3, 0.4) is 0 Å². The minimum atomic E-state index is -0.761. The topological polar surface area (TPSA) is 56.8 Å². The Balaban J connectivity index is 2.71. The van der Waals surface area contributed by atoms with Gasteiger partial charge in [0.2, 0.25) is 0 Å². The van der Waals surface area contributed by atoms with Gasteiger partial charge in [-0.25, -0.2) is 4.79 Å². The molecular weight excluding hydrogens is 246 g/mol. The van der Waals surface area contributed by atoms with Crippen molar-refractivity contribution in [2.75, 3.05) is 0 Å². The molecule has 1 amide bonds. The first-order valence-corrected chi connectivity index (χ1v) is 6.35. The van der Waals surface area contributed by atoms with Gasteiger partial charge in [0.15, 0.2) is 5.79 Å². The highest BCUT2D eigenvalue weighted by atomic mass is 16.7. The molecule has 0 radical (unpaired) electrons. The van der Waals surface area contributed by atoms with Crippen LogP contribution in [0.1, 0.15) is 41.5 Å². The van der Waals surface area contributed by atoms with Gasteiger partial charge < -0.3 is 19.5 Å². The van der Waals surface area contributed by atoms with Gasteiger partial charge in [-0.1, -0.05) is 5.92 Å². The van der Waals surface area contributed by atoms with Crippen LogP contribution in [0.25, 0.3) is 0 Å². The number of rotatable bonds is 1. The van der Waals surface area contributed by atoms with Crippen molar-refractivity contribution in [1.82, 2.24) is 5.32 Å². The quantitative estimate of drug-likeness (QED) is 0.740. The summed E-state index contributed by atoms with van der Waals surface area (Å²) in [7, 11) is 0. The zero-order valence-electron chi connectivity index (χ0n) is 12.4. The fourth-order valence-electron chi connectivity index (χ4n) is 1.95. The maximum atomic E-state index is 11.8. The third-order valence-corrected chi connectivity index (χ3v) is 2.56. The molecule has 5 nitrogen and oxygen atoms in total. The van der Waals surface area contributed by atoms with Crippen molar-refractivity contribution >= 4 is 6.09 Å². The average molecular weight is 269 g/mol. The Labute approximate surface area is 115 Å². The number of hydrogen-bond donors (Lipinski definition) is 1. The zero-order valence-corrected chi connectivity index (χ0v) is 12.4. The predicted molar refractivity (Wildman–Crippen MR) is 71.5 cm³/mol. The van der Waals surface area contributed by atoms with E-state index < -0.39 is 29.6 Å². The molecule has 1 fully saturated rings. The van der Waals surface area contributed by atoms with Crippen LogP contribution in [0.4, 0.5) is 4.79 Å². The monoisotopic (exact) mass is 269 g/mol. The van der Waals surface area contributed by atoms with Gasteiger partial charge in [0.05, 0.1) is 12.1 Å². The van der Waals surface area contributed by atoms with E-state index in [2.05, 4.69) is 11.2 Å². The second-order valence-corrected chi connectivity index (χ2v) is 6.10. The molecule has 3 atom stereocenters.